The molecule has 0 spiro atoms. The molecule has 0 unspecified atom stereocenters. The van der Waals surface area contributed by atoms with E-state index < -0.39 is 40.4 Å². The Balaban J connectivity index is 2.38. The van der Waals surface area contributed by atoms with Crippen molar-refractivity contribution in [3.8, 4) is 0 Å². The number of amides is 1. The third-order valence-corrected chi connectivity index (χ3v) is 5.72. The van der Waals surface area contributed by atoms with Gasteiger partial charge >= 0.3 is 5.97 Å². The van der Waals surface area contributed by atoms with Crippen LogP contribution in [-0.4, -0.2) is 65.6 Å². The van der Waals surface area contributed by atoms with Crippen molar-refractivity contribution in [1.29, 1.82) is 0 Å². The minimum absolute atomic E-state index is 0.111. The highest BCUT2D eigenvalue weighted by molar-refractivity contribution is 7.91. The molecule has 0 radical (unpaired) electrons. The van der Waals surface area contributed by atoms with Crippen LogP contribution in [0.15, 0.2) is 24.3 Å². The van der Waals surface area contributed by atoms with Gasteiger partial charge in [0.1, 0.15) is 0 Å². The molecule has 9 heteroatoms. The molecule has 1 aromatic carbocycles. The highest BCUT2D eigenvalue weighted by atomic mass is 35.5. The number of halogens is 1. The van der Waals surface area contributed by atoms with Crippen LogP contribution >= 0.6 is 11.6 Å². The van der Waals surface area contributed by atoms with Crippen LogP contribution in [-0.2, 0) is 14.6 Å². The van der Waals surface area contributed by atoms with E-state index in [0.717, 1.165) is 4.90 Å². The standard InChI is InChI=1S/C14H16ClNO6S/c15-10-3-1-9(2-4-10)13(18)16(12(7-17)14(19)20)11-5-6-23(21,22)8-11/h1-4,11-12,17H,5-8H2,(H,19,20)/t11-,12+/m1/s1. The van der Waals surface area contributed by atoms with Crippen LogP contribution in [0.1, 0.15) is 16.8 Å². The summed E-state index contributed by atoms with van der Waals surface area (Å²) in [7, 11) is -3.32. The maximum Gasteiger partial charge on any atom is 0.328 e. The highest BCUT2D eigenvalue weighted by Crippen LogP contribution is 2.23. The third kappa shape index (κ3) is 4.01. The second kappa shape index (κ2) is 6.86. The number of carboxylic acid groups (broad SMARTS) is 1. The van der Waals surface area contributed by atoms with Crippen molar-refractivity contribution in [3.05, 3.63) is 34.9 Å². The highest BCUT2D eigenvalue weighted by Gasteiger charge is 2.40. The Morgan fingerprint density at radius 1 is 1.30 bits per heavy atom. The van der Waals surface area contributed by atoms with Gasteiger partial charge in [-0.3, -0.25) is 4.79 Å². The molecule has 23 heavy (non-hydrogen) atoms. The Hall–Kier alpha value is -1.64. The van der Waals surface area contributed by atoms with Gasteiger partial charge in [0.05, 0.1) is 18.1 Å². The summed E-state index contributed by atoms with van der Waals surface area (Å²) < 4.78 is 23.3. The van der Waals surface area contributed by atoms with Gasteiger partial charge in [0.2, 0.25) is 0 Å². The predicted octanol–water partition coefficient (Wildman–Crippen LogP) is 0.415. The summed E-state index contributed by atoms with van der Waals surface area (Å²) in [5.41, 5.74) is 0.179. The van der Waals surface area contributed by atoms with Crippen LogP contribution in [0, 0.1) is 0 Å². The van der Waals surface area contributed by atoms with Crippen molar-refractivity contribution in [2.24, 2.45) is 0 Å². The average molecular weight is 362 g/mol. The topological polar surface area (TPSA) is 112 Å². The zero-order valence-electron chi connectivity index (χ0n) is 12.1. The quantitative estimate of drug-likeness (QED) is 0.785. The molecule has 1 heterocycles. The summed E-state index contributed by atoms with van der Waals surface area (Å²) in [6, 6.07) is 3.53. The molecule has 1 aliphatic rings. The van der Waals surface area contributed by atoms with E-state index in [-0.39, 0.29) is 23.5 Å². The molecule has 1 aliphatic heterocycles. The third-order valence-electron chi connectivity index (χ3n) is 3.72. The van der Waals surface area contributed by atoms with E-state index in [2.05, 4.69) is 0 Å². The van der Waals surface area contributed by atoms with E-state index in [1.54, 1.807) is 0 Å². The lowest BCUT2D eigenvalue weighted by Gasteiger charge is -2.32. The smallest absolute Gasteiger partial charge is 0.328 e. The number of rotatable bonds is 5. The lowest BCUT2D eigenvalue weighted by molar-refractivity contribution is -0.144. The summed E-state index contributed by atoms with van der Waals surface area (Å²) in [6.07, 6.45) is 0.144. The molecule has 1 saturated heterocycles. The van der Waals surface area contributed by atoms with Gasteiger partial charge in [-0.1, -0.05) is 11.6 Å². The Labute approximate surface area is 138 Å². The fourth-order valence-corrected chi connectivity index (χ4v) is 4.42. The lowest BCUT2D eigenvalue weighted by Crippen LogP contribution is -2.53. The van der Waals surface area contributed by atoms with Crippen LogP contribution in [0.5, 0.6) is 0 Å². The van der Waals surface area contributed by atoms with Gasteiger partial charge < -0.3 is 15.1 Å². The van der Waals surface area contributed by atoms with Gasteiger partial charge in [0.15, 0.2) is 15.9 Å². The summed E-state index contributed by atoms with van der Waals surface area (Å²) in [4.78, 5) is 25.0. The predicted molar refractivity (Wildman–Crippen MR) is 83.2 cm³/mol. The van der Waals surface area contributed by atoms with E-state index in [1.165, 1.54) is 24.3 Å². The van der Waals surface area contributed by atoms with Gasteiger partial charge in [0, 0.05) is 16.6 Å². The molecule has 0 bridgehead atoms. The van der Waals surface area contributed by atoms with Crippen molar-refractivity contribution in [2.45, 2.75) is 18.5 Å². The molecule has 7 nitrogen and oxygen atoms in total. The van der Waals surface area contributed by atoms with Crippen molar-refractivity contribution in [2.75, 3.05) is 18.1 Å². The average Bonchev–Trinajstić information content (AvgIpc) is 2.84. The number of carbonyl (C=O) groups is 2. The number of carbonyl (C=O) groups excluding carboxylic acids is 1. The van der Waals surface area contributed by atoms with Gasteiger partial charge in [-0.15, -0.1) is 0 Å². The molecule has 2 rings (SSSR count). The minimum atomic E-state index is -3.32. The van der Waals surface area contributed by atoms with Gasteiger partial charge in [-0.05, 0) is 30.7 Å². The molecule has 1 amide bonds. The number of aliphatic hydroxyl groups is 1. The van der Waals surface area contributed by atoms with Crippen LogP contribution in [0.25, 0.3) is 0 Å². The largest absolute Gasteiger partial charge is 0.480 e. The first kappa shape index (κ1) is 17.7. The Morgan fingerprint density at radius 3 is 2.35 bits per heavy atom. The first-order valence-corrected chi connectivity index (χ1v) is 9.07. The zero-order chi connectivity index (χ0) is 17.2. The molecule has 2 N–H and O–H groups in total. The van der Waals surface area contributed by atoms with Crippen LogP contribution in [0.4, 0.5) is 0 Å². The zero-order valence-corrected chi connectivity index (χ0v) is 13.6. The summed E-state index contributed by atoms with van der Waals surface area (Å²) >= 11 is 5.76. The van der Waals surface area contributed by atoms with E-state index in [0.29, 0.717) is 5.02 Å². The SMILES string of the molecule is O=C(O)[C@H](CO)N(C(=O)c1ccc(Cl)cc1)[C@@H]1CCS(=O)(=O)C1. The van der Waals surface area contributed by atoms with Crippen molar-refractivity contribution in [1.82, 2.24) is 4.90 Å². The molecular formula is C14H16ClNO6S. The lowest BCUT2D eigenvalue weighted by atomic mass is 10.1. The maximum absolute atomic E-state index is 12.7. The van der Waals surface area contributed by atoms with E-state index in [1.807, 2.05) is 0 Å². The van der Waals surface area contributed by atoms with Gasteiger partial charge in [-0.2, -0.15) is 0 Å². The molecule has 1 aromatic rings. The fraction of sp³-hybridized carbons (Fsp3) is 0.429. The maximum atomic E-state index is 12.7. The van der Waals surface area contributed by atoms with Gasteiger partial charge in [-0.25, -0.2) is 13.2 Å². The normalized spacial score (nSPS) is 20.9. The van der Waals surface area contributed by atoms with Crippen molar-refractivity contribution >= 4 is 33.3 Å². The number of sulfone groups is 1. The second-order valence-electron chi connectivity index (χ2n) is 5.31. The number of hydrogen-bond donors (Lipinski definition) is 2. The summed E-state index contributed by atoms with van der Waals surface area (Å²) in [5.74, 6) is -2.46. The van der Waals surface area contributed by atoms with Crippen LogP contribution in [0.3, 0.4) is 0 Å². The molecule has 126 valence electrons. The summed E-state index contributed by atoms with van der Waals surface area (Å²) in [6.45, 7) is -0.800. The Kier molecular flexibility index (Phi) is 5.28. The molecule has 0 saturated carbocycles. The number of benzene rings is 1. The van der Waals surface area contributed by atoms with Gasteiger partial charge in [0.25, 0.3) is 5.91 Å². The Morgan fingerprint density at radius 2 is 1.91 bits per heavy atom. The molecule has 2 atom stereocenters. The van der Waals surface area contributed by atoms with Crippen molar-refractivity contribution < 1.29 is 28.2 Å². The second-order valence-corrected chi connectivity index (χ2v) is 7.98. The van der Waals surface area contributed by atoms with E-state index in [4.69, 9.17) is 11.6 Å². The fourth-order valence-electron chi connectivity index (χ4n) is 2.58. The first-order valence-electron chi connectivity index (χ1n) is 6.87. The first-order chi connectivity index (χ1) is 10.7. The molecule has 1 fully saturated rings. The molecule has 0 aromatic heterocycles. The van der Waals surface area contributed by atoms with E-state index >= 15 is 0 Å². The summed E-state index contributed by atoms with van der Waals surface area (Å²) in [5, 5.41) is 19.0. The number of aliphatic hydroxyl groups excluding tert-OH is 1. The monoisotopic (exact) mass is 361 g/mol. The van der Waals surface area contributed by atoms with E-state index in [9.17, 15) is 28.2 Å². The number of aliphatic carboxylic acids is 1. The number of hydrogen-bond acceptors (Lipinski definition) is 5. The van der Waals surface area contributed by atoms with Crippen LogP contribution in [0.2, 0.25) is 5.02 Å². The molecule has 0 aliphatic carbocycles. The molecular weight excluding hydrogens is 346 g/mol. The number of nitrogens with zero attached hydrogens (tertiary/aromatic N) is 1. The minimum Gasteiger partial charge on any atom is -0.480 e. The van der Waals surface area contributed by atoms with Crippen LogP contribution < -0.4 is 0 Å². The number of carboxylic acids is 1. The Bertz CT molecular complexity index is 702. The van der Waals surface area contributed by atoms with Crippen molar-refractivity contribution in [3.63, 3.8) is 0 Å².